The van der Waals surface area contributed by atoms with E-state index >= 15 is 0 Å². The third-order valence-corrected chi connectivity index (χ3v) is 7.20. The molecule has 1 unspecified atom stereocenters. The van der Waals surface area contributed by atoms with Gasteiger partial charge in [0.2, 0.25) is 5.84 Å². The van der Waals surface area contributed by atoms with E-state index < -0.39 is 5.97 Å². The zero-order chi connectivity index (χ0) is 25.5. The van der Waals surface area contributed by atoms with Crippen LogP contribution in [0.3, 0.4) is 0 Å². The quantitative estimate of drug-likeness (QED) is 0.0771. The lowest BCUT2D eigenvalue weighted by Gasteiger charge is -2.30. The molecule has 1 aliphatic rings. The van der Waals surface area contributed by atoms with E-state index in [1.165, 1.54) is 116 Å². The number of carboxylic acids is 1. The Bertz CT molecular complexity index is 615. The molecule has 0 aliphatic carbocycles. The molecule has 1 heterocycles. The number of carbonyl (C=O) groups is 1. The summed E-state index contributed by atoms with van der Waals surface area (Å²) in [7, 11) is 0. The number of quaternary nitrogens is 1. The van der Waals surface area contributed by atoms with Gasteiger partial charge < -0.3 is 10.8 Å². The summed E-state index contributed by atoms with van der Waals surface area (Å²) in [5.41, 5.74) is 5.74. The normalized spacial score (nSPS) is 17.5. The fourth-order valence-electron chi connectivity index (χ4n) is 5.05. The van der Waals surface area contributed by atoms with Crippen molar-refractivity contribution < 1.29 is 14.4 Å². The first-order chi connectivity index (χ1) is 17.1. The van der Waals surface area contributed by atoms with Gasteiger partial charge in [0.05, 0.1) is 6.20 Å². The number of rotatable bonds is 25. The Labute approximate surface area is 216 Å². The van der Waals surface area contributed by atoms with Crippen LogP contribution in [0.15, 0.2) is 29.5 Å². The molecule has 0 aromatic rings. The average molecular weight is 491 g/mol. The molecule has 0 fully saturated rings. The van der Waals surface area contributed by atoms with E-state index in [-0.39, 0.29) is 6.54 Å². The van der Waals surface area contributed by atoms with E-state index in [0.29, 0.717) is 17.6 Å². The smallest absolute Gasteiger partial charge is 0.360 e. The number of aliphatic imine (C=N–C) groups is 1. The van der Waals surface area contributed by atoms with Gasteiger partial charge in [-0.1, -0.05) is 109 Å². The molecule has 202 valence electrons. The van der Waals surface area contributed by atoms with Crippen molar-refractivity contribution in [2.45, 2.75) is 135 Å². The molecule has 35 heavy (non-hydrogen) atoms. The highest BCUT2D eigenvalue weighted by Crippen LogP contribution is 2.21. The molecule has 1 rings (SSSR count). The number of hydrogen-bond acceptors (Lipinski definition) is 3. The standard InChI is InChI=1S/C30H55N3O2/c1-2-3-4-5-6-7-8-9-10-11-12-13-14-15-16-17-18-19-20-21-22-23-29-32-25-27-33(29,26-24-31)28-30(34)35/h6-7,25,27H,2-5,8-24,26,28,31H2,1H3/p+1/b7-6+. The molecule has 1 aliphatic heterocycles. The molecule has 0 saturated heterocycles. The van der Waals surface area contributed by atoms with Gasteiger partial charge in [-0.05, 0) is 32.1 Å². The lowest BCUT2D eigenvalue weighted by molar-refractivity contribution is -0.778. The topological polar surface area (TPSA) is 75.7 Å². The van der Waals surface area contributed by atoms with Gasteiger partial charge in [0.15, 0.2) is 6.54 Å². The van der Waals surface area contributed by atoms with Crippen LogP contribution < -0.4 is 5.73 Å². The first-order valence-electron chi connectivity index (χ1n) is 14.8. The van der Waals surface area contributed by atoms with Crippen molar-refractivity contribution in [1.82, 2.24) is 0 Å². The minimum absolute atomic E-state index is 0.0450. The van der Waals surface area contributed by atoms with Crippen molar-refractivity contribution in [2.75, 3.05) is 19.6 Å². The van der Waals surface area contributed by atoms with E-state index in [4.69, 9.17) is 5.73 Å². The van der Waals surface area contributed by atoms with Crippen molar-refractivity contribution in [3.63, 3.8) is 0 Å². The summed E-state index contributed by atoms with van der Waals surface area (Å²) < 4.78 is 0.308. The molecule has 0 aromatic carbocycles. The number of unbranched alkanes of at least 4 members (excludes halogenated alkanes) is 17. The Morgan fingerprint density at radius 3 is 1.80 bits per heavy atom. The van der Waals surface area contributed by atoms with Crippen molar-refractivity contribution in [1.29, 1.82) is 0 Å². The van der Waals surface area contributed by atoms with Crippen LogP contribution >= 0.6 is 0 Å². The lowest BCUT2D eigenvalue weighted by atomic mass is 10.0. The summed E-state index contributed by atoms with van der Waals surface area (Å²) in [6.07, 6.45) is 34.7. The number of nitrogens with two attached hydrogens (primary N) is 1. The van der Waals surface area contributed by atoms with Gasteiger partial charge in [0.25, 0.3) is 0 Å². The minimum Gasteiger partial charge on any atom is -0.477 e. The fourth-order valence-corrected chi connectivity index (χ4v) is 5.05. The highest BCUT2D eigenvalue weighted by Gasteiger charge is 2.36. The molecule has 5 heteroatoms. The first kappa shape index (κ1) is 31.6. The molecule has 0 saturated carbocycles. The molecule has 5 nitrogen and oxygen atoms in total. The zero-order valence-electron chi connectivity index (χ0n) is 22.9. The summed E-state index contributed by atoms with van der Waals surface area (Å²) in [5, 5.41) is 9.28. The number of hydrogen-bond donors (Lipinski definition) is 2. The monoisotopic (exact) mass is 490 g/mol. The van der Waals surface area contributed by atoms with E-state index in [2.05, 4.69) is 24.1 Å². The maximum Gasteiger partial charge on any atom is 0.360 e. The predicted molar refractivity (Wildman–Crippen MR) is 150 cm³/mol. The Kier molecular flexibility index (Phi) is 19.7. The SMILES string of the molecule is CCCCC/C=C/CCCCCCCCCCCCCCCCC1=NC=C[N+]1(CCN)CC(=O)O. The molecular formula is C30H56N3O2+. The Morgan fingerprint density at radius 1 is 0.829 bits per heavy atom. The number of amidine groups is 1. The zero-order valence-corrected chi connectivity index (χ0v) is 22.9. The van der Waals surface area contributed by atoms with Crippen LogP contribution in [0.1, 0.15) is 135 Å². The van der Waals surface area contributed by atoms with Gasteiger partial charge in [-0.3, -0.25) is 0 Å². The highest BCUT2D eigenvalue weighted by atomic mass is 16.4. The van der Waals surface area contributed by atoms with Gasteiger partial charge in [0, 0.05) is 13.0 Å². The van der Waals surface area contributed by atoms with Gasteiger partial charge in [-0.15, -0.1) is 0 Å². The van der Waals surface area contributed by atoms with Crippen LogP contribution in [0.2, 0.25) is 0 Å². The highest BCUT2D eigenvalue weighted by molar-refractivity contribution is 5.81. The van der Waals surface area contributed by atoms with Crippen LogP contribution in [-0.4, -0.2) is 41.0 Å². The van der Waals surface area contributed by atoms with Gasteiger partial charge in [-0.2, -0.15) is 0 Å². The second-order valence-corrected chi connectivity index (χ2v) is 10.4. The average Bonchev–Trinajstić information content (AvgIpc) is 3.21. The van der Waals surface area contributed by atoms with E-state index in [0.717, 1.165) is 18.7 Å². The van der Waals surface area contributed by atoms with E-state index in [9.17, 15) is 9.90 Å². The first-order valence-corrected chi connectivity index (χ1v) is 14.8. The molecule has 0 amide bonds. The van der Waals surface area contributed by atoms with Crippen LogP contribution in [0.4, 0.5) is 0 Å². The van der Waals surface area contributed by atoms with Gasteiger partial charge in [-0.25, -0.2) is 14.3 Å². The van der Waals surface area contributed by atoms with Crippen LogP contribution in [0.5, 0.6) is 0 Å². The molecule has 0 aromatic heterocycles. The predicted octanol–water partition coefficient (Wildman–Crippen LogP) is 8.11. The lowest BCUT2D eigenvalue weighted by Crippen LogP contribution is -2.52. The molecule has 3 N–H and O–H groups in total. The molecule has 1 atom stereocenters. The molecule has 0 spiro atoms. The summed E-state index contributed by atoms with van der Waals surface area (Å²) in [5.74, 6) is 0.168. The Morgan fingerprint density at radius 2 is 1.31 bits per heavy atom. The number of allylic oxidation sites excluding steroid dienone is 2. The van der Waals surface area contributed by atoms with Crippen molar-refractivity contribution in [2.24, 2.45) is 10.7 Å². The number of aliphatic carboxylic acids is 1. The van der Waals surface area contributed by atoms with Crippen molar-refractivity contribution in [3.05, 3.63) is 24.6 Å². The maximum absolute atomic E-state index is 11.3. The summed E-state index contributed by atoms with van der Waals surface area (Å²) in [6.45, 7) is 3.39. The van der Waals surface area contributed by atoms with Crippen LogP contribution in [0.25, 0.3) is 0 Å². The Balaban J connectivity index is 1.87. The van der Waals surface area contributed by atoms with Gasteiger partial charge >= 0.3 is 5.97 Å². The third-order valence-electron chi connectivity index (χ3n) is 7.20. The van der Waals surface area contributed by atoms with E-state index in [1.54, 1.807) is 6.20 Å². The van der Waals surface area contributed by atoms with E-state index in [1.807, 2.05) is 6.20 Å². The molecular weight excluding hydrogens is 434 g/mol. The largest absolute Gasteiger partial charge is 0.477 e. The summed E-state index contributed by atoms with van der Waals surface area (Å²) in [6, 6.07) is 0. The fraction of sp³-hybridized carbons (Fsp3) is 0.800. The summed E-state index contributed by atoms with van der Waals surface area (Å²) >= 11 is 0. The van der Waals surface area contributed by atoms with Crippen LogP contribution in [0, 0.1) is 0 Å². The second kappa shape index (κ2) is 21.8. The minimum atomic E-state index is -0.797. The maximum atomic E-state index is 11.3. The van der Waals surface area contributed by atoms with Crippen LogP contribution in [-0.2, 0) is 4.79 Å². The number of nitrogens with zero attached hydrogens (tertiary/aromatic N) is 2. The Hall–Kier alpha value is -1.46. The molecule has 0 radical (unpaired) electrons. The molecule has 0 bridgehead atoms. The van der Waals surface area contributed by atoms with Crippen molar-refractivity contribution >= 4 is 11.8 Å². The second-order valence-electron chi connectivity index (χ2n) is 10.4. The number of carboxylic acid groups (broad SMARTS) is 1. The summed E-state index contributed by atoms with van der Waals surface area (Å²) in [4.78, 5) is 15.8. The van der Waals surface area contributed by atoms with Gasteiger partial charge in [0.1, 0.15) is 12.7 Å². The third kappa shape index (κ3) is 16.0. The van der Waals surface area contributed by atoms with Crippen molar-refractivity contribution in [3.8, 4) is 0 Å².